The molecule has 0 saturated carbocycles. The fourth-order valence-electron chi connectivity index (χ4n) is 10.5. The fraction of sp³-hybridized carbons (Fsp3) is 0.619. The summed E-state index contributed by atoms with van der Waals surface area (Å²) in [5.41, 5.74) is 6.55. The van der Waals surface area contributed by atoms with Crippen LogP contribution >= 0.6 is 43.2 Å². The van der Waals surface area contributed by atoms with Gasteiger partial charge in [-0.05, 0) is 96.6 Å². The Kier molecular flexibility index (Phi) is 32.5. The summed E-state index contributed by atoms with van der Waals surface area (Å²) in [5, 5.41) is 51.1. The number of aliphatic hydroxyl groups is 1. The molecule has 0 unspecified atom stereocenters. The molecule has 3 aromatic rings. The van der Waals surface area contributed by atoms with E-state index in [-0.39, 0.29) is 74.0 Å². The summed E-state index contributed by atoms with van der Waals surface area (Å²) in [6.45, 7) is 15.2. The van der Waals surface area contributed by atoms with Crippen LogP contribution in [-0.4, -0.2) is 203 Å². The third-order valence-electron chi connectivity index (χ3n) is 15.5. The van der Waals surface area contributed by atoms with Gasteiger partial charge < -0.3 is 84.4 Å². The number of Topliss-reactive ketones (excluding diaryl/α,β-unsaturated/α-hetero) is 1. The van der Waals surface area contributed by atoms with Crippen molar-refractivity contribution in [3.8, 4) is 0 Å². The molecule has 30 nitrogen and oxygen atoms in total. The highest BCUT2D eigenvalue weighted by atomic mass is 33.1. The summed E-state index contributed by atoms with van der Waals surface area (Å²) in [4.78, 5) is 194. The number of nitrogens with two attached hydrogens (primary N) is 1. The zero-order chi connectivity index (χ0) is 71.7. The molecule has 2 aliphatic rings. The SMILES string of the molecule is CC(C)C[C@@H]1NC(=O)[C@H](Cc2cnc[nH]2)NC(=O)[C@@H]2CCCSSCC[C@H](NC(=O)[C@H](CC(C)C)NC(=O)[C@H](CCC(=O)O)NC(=O)CCC1=O)C(=O)N[C@@H](Cc1c[nH]c3ccccc13)C(=O)N[C@H](C(=O)N[C@H](C(N)=O)[C@@H](C)O)CSSC[C@H](NC(C)(C)C)C(=O)N[C@@H](C)C(=O)N2. The van der Waals surface area contributed by atoms with E-state index in [4.69, 9.17) is 5.73 Å². The number of rotatable bonds is 16. The van der Waals surface area contributed by atoms with Gasteiger partial charge in [-0.2, -0.15) is 0 Å². The van der Waals surface area contributed by atoms with Crippen molar-refractivity contribution in [2.75, 3.05) is 23.0 Å². The smallest absolute Gasteiger partial charge is 0.303 e. The van der Waals surface area contributed by atoms with Gasteiger partial charge in [0.2, 0.25) is 65.0 Å². The Bertz CT molecular complexity index is 3220. The Morgan fingerprint density at radius 1 is 0.649 bits per heavy atom. The van der Waals surface area contributed by atoms with Crippen molar-refractivity contribution in [2.45, 2.75) is 211 Å². The first-order chi connectivity index (χ1) is 45.8. The first kappa shape index (κ1) is 80.3. The molecule has 2 bridgehead atoms. The number of ketones is 1. The molecule has 0 spiro atoms. The molecule has 97 heavy (non-hydrogen) atoms. The monoisotopic (exact) mass is 1430 g/mol. The Morgan fingerprint density at radius 3 is 1.88 bits per heavy atom. The Balaban J connectivity index is 1.66. The molecule has 536 valence electrons. The summed E-state index contributed by atoms with van der Waals surface area (Å²) < 4.78 is 0. The maximum Gasteiger partial charge on any atom is 0.303 e. The zero-order valence-corrected chi connectivity index (χ0v) is 59.4. The van der Waals surface area contributed by atoms with Crippen molar-refractivity contribution >= 4 is 131 Å². The molecule has 5 rings (SSSR count). The van der Waals surface area contributed by atoms with Gasteiger partial charge in [0.1, 0.15) is 54.4 Å². The van der Waals surface area contributed by atoms with Crippen LogP contribution in [0.1, 0.15) is 131 Å². The summed E-state index contributed by atoms with van der Waals surface area (Å²) in [7, 11) is 4.73. The Hall–Kier alpha value is -7.40. The molecule has 2 aromatic heterocycles. The molecular formula is C63H95N15O15S4. The van der Waals surface area contributed by atoms with Gasteiger partial charge in [0, 0.05) is 89.6 Å². The minimum atomic E-state index is -1.62. The number of para-hydroxylation sites is 1. The molecule has 4 heterocycles. The highest BCUT2D eigenvalue weighted by Crippen LogP contribution is 2.27. The predicted molar refractivity (Wildman–Crippen MR) is 371 cm³/mol. The highest BCUT2D eigenvalue weighted by molar-refractivity contribution is 8.77. The van der Waals surface area contributed by atoms with Crippen LogP contribution in [0.4, 0.5) is 0 Å². The highest BCUT2D eigenvalue weighted by Gasteiger charge is 2.38. The third kappa shape index (κ3) is 27.4. The maximum absolute atomic E-state index is 15.1. The quantitative estimate of drug-likeness (QED) is 0.0865. The number of aromatic nitrogens is 3. The molecule has 34 heteroatoms. The summed E-state index contributed by atoms with van der Waals surface area (Å²) in [6.07, 6.45) is 0.731. The number of primary amides is 1. The zero-order valence-electron chi connectivity index (χ0n) is 56.1. The van der Waals surface area contributed by atoms with Crippen LogP contribution in [0.5, 0.6) is 0 Å². The second-order valence-electron chi connectivity index (χ2n) is 26.0. The molecular weight excluding hydrogens is 1340 g/mol. The number of aliphatic hydroxyl groups excluding tert-OH is 1. The molecule has 12 atom stereocenters. The van der Waals surface area contributed by atoms with E-state index in [0.29, 0.717) is 27.9 Å². The standard InChI is InChI=1S/C63H95N15O15S4/c1-32(2)23-43-49(80)17-18-50(81)69-41(16-19-51(82)83)56(87)73-44(24-33(3)4)58(89)71-42-20-22-95-94-21-12-15-40(55(86)75-46(60(91)72-43)26-37-28-65-31-67-37)70-54(85)34(5)68-62(93)48(78-63(7,8)9)30-97-96-29-47(61(92)77-52(35(6)79)53(64)84)76-59(90)45(74-57(42)88)25-36-27-66-39-14-11-10-13-38(36)39/h10-11,13-14,27-28,31-35,40-48,52,66,78-79H,12,15-26,29-30H2,1-9H3,(H2,64,84)(H,65,67)(H,68,93)(H,69,81)(H,70,85)(H,71,89)(H,72,91)(H,73,87)(H,74,88)(H,75,86)(H,76,90)(H,77,92)(H,82,83)/t34-,35+,40-,41-,42-,43-,44-,45-,46-,47-,48-,52-/m0/s1. The van der Waals surface area contributed by atoms with E-state index in [1.807, 2.05) is 20.8 Å². The number of benzene rings is 1. The normalized spacial score (nSPS) is 25.4. The number of carbonyl (C=O) groups excluding carboxylic acids is 12. The van der Waals surface area contributed by atoms with Crippen LogP contribution in [0.2, 0.25) is 0 Å². The predicted octanol–water partition coefficient (Wildman–Crippen LogP) is 0.433. The van der Waals surface area contributed by atoms with Gasteiger partial charge in [-0.1, -0.05) is 89.1 Å². The van der Waals surface area contributed by atoms with Gasteiger partial charge in [0.05, 0.1) is 24.5 Å². The van der Waals surface area contributed by atoms with Gasteiger partial charge in [-0.15, -0.1) is 0 Å². The number of carboxylic acids is 1. The Morgan fingerprint density at radius 2 is 1.24 bits per heavy atom. The van der Waals surface area contributed by atoms with E-state index >= 15 is 9.59 Å². The lowest BCUT2D eigenvalue weighted by atomic mass is 9.96. The number of aliphatic carboxylic acids is 1. The van der Waals surface area contributed by atoms with Gasteiger partial charge in [0.25, 0.3) is 0 Å². The fourth-order valence-corrected chi connectivity index (χ4v) is 15.0. The first-order valence-electron chi connectivity index (χ1n) is 32.3. The second-order valence-corrected chi connectivity index (χ2v) is 31.3. The molecule has 11 amide bonds. The van der Waals surface area contributed by atoms with E-state index < -0.39 is 181 Å². The number of amides is 11. The van der Waals surface area contributed by atoms with Crippen LogP contribution in [0.15, 0.2) is 43.0 Å². The number of nitrogens with zero attached hydrogens (tertiary/aromatic N) is 1. The van der Waals surface area contributed by atoms with Gasteiger partial charge in [0.15, 0.2) is 5.78 Å². The Labute approximate surface area is 579 Å². The van der Waals surface area contributed by atoms with E-state index in [2.05, 4.69) is 73.4 Å². The lowest BCUT2D eigenvalue weighted by molar-refractivity contribution is -0.138. The van der Waals surface area contributed by atoms with Crippen LogP contribution in [0.25, 0.3) is 10.9 Å². The molecule has 2 saturated heterocycles. The molecule has 0 radical (unpaired) electrons. The molecule has 0 aliphatic carbocycles. The van der Waals surface area contributed by atoms with E-state index in [1.165, 1.54) is 48.0 Å². The van der Waals surface area contributed by atoms with Crippen molar-refractivity contribution in [1.82, 2.24) is 73.4 Å². The average molecular weight is 1430 g/mol. The van der Waals surface area contributed by atoms with E-state index in [0.717, 1.165) is 21.6 Å². The number of carbonyl (C=O) groups is 13. The van der Waals surface area contributed by atoms with Crippen LogP contribution in [-0.2, 0) is 75.2 Å². The third-order valence-corrected chi connectivity index (χ3v) is 20.4. The minimum absolute atomic E-state index is 0.00882. The van der Waals surface area contributed by atoms with Crippen molar-refractivity contribution < 1.29 is 72.5 Å². The van der Waals surface area contributed by atoms with E-state index in [1.54, 1.807) is 58.2 Å². The topological polar surface area (TPSA) is 465 Å². The van der Waals surface area contributed by atoms with E-state index in [9.17, 15) is 63.0 Å². The largest absolute Gasteiger partial charge is 0.481 e. The average Bonchev–Trinajstić information content (AvgIpc) is 1.71. The number of carboxylic acid groups (broad SMARTS) is 1. The number of hydrogen-bond acceptors (Lipinski definition) is 20. The van der Waals surface area contributed by atoms with Crippen LogP contribution < -0.4 is 64.2 Å². The number of aromatic amines is 2. The summed E-state index contributed by atoms with van der Waals surface area (Å²) in [6, 6.07) is -8.15. The number of fused-ring (bicyclic) bond motifs is 9. The van der Waals surface area contributed by atoms with Crippen LogP contribution in [0.3, 0.4) is 0 Å². The number of imidazole rings is 1. The summed E-state index contributed by atoms with van der Waals surface area (Å²) in [5.74, 6) is -11.7. The van der Waals surface area contributed by atoms with Gasteiger partial charge >= 0.3 is 5.97 Å². The van der Waals surface area contributed by atoms with Crippen LogP contribution in [0, 0.1) is 11.8 Å². The first-order valence-corrected chi connectivity index (χ1v) is 37.3. The van der Waals surface area contributed by atoms with Crippen molar-refractivity contribution in [1.29, 1.82) is 0 Å². The van der Waals surface area contributed by atoms with Crippen molar-refractivity contribution in [3.63, 3.8) is 0 Å². The lowest BCUT2D eigenvalue weighted by Gasteiger charge is -2.29. The molecule has 1 aromatic carbocycles. The maximum atomic E-state index is 15.1. The van der Waals surface area contributed by atoms with Crippen molar-refractivity contribution in [2.24, 2.45) is 17.6 Å². The second kappa shape index (κ2) is 39.3. The summed E-state index contributed by atoms with van der Waals surface area (Å²) >= 11 is 0. The molecule has 2 aliphatic heterocycles. The number of nitrogens with one attached hydrogen (secondary N) is 13. The molecule has 17 N–H and O–H groups in total. The minimum Gasteiger partial charge on any atom is -0.481 e. The molecule has 2 fully saturated rings. The van der Waals surface area contributed by atoms with Crippen molar-refractivity contribution in [3.05, 3.63) is 54.2 Å². The number of H-pyrrole nitrogens is 2. The van der Waals surface area contributed by atoms with Gasteiger partial charge in [-0.25, -0.2) is 4.98 Å². The number of hydrogen-bond donors (Lipinski definition) is 16. The lowest BCUT2D eigenvalue weighted by Crippen LogP contribution is -2.61. The van der Waals surface area contributed by atoms with Gasteiger partial charge in [-0.3, -0.25) is 62.3 Å².